The molecule has 0 saturated heterocycles. The summed E-state index contributed by atoms with van der Waals surface area (Å²) < 4.78 is 1.53. The van der Waals surface area contributed by atoms with Crippen LogP contribution in [-0.2, 0) is 4.79 Å². The Kier molecular flexibility index (Phi) is 3.30. The number of hydrogen-bond donors (Lipinski definition) is 1. The third-order valence-corrected chi connectivity index (χ3v) is 3.52. The minimum absolute atomic E-state index is 0.0939. The number of carboxylic acid groups (broad SMARTS) is 1. The van der Waals surface area contributed by atoms with Gasteiger partial charge in [0.15, 0.2) is 0 Å². The molecule has 100 valence electrons. The maximum atomic E-state index is 10.6. The van der Waals surface area contributed by atoms with Crippen LogP contribution in [0.1, 0.15) is 0 Å². The average Bonchev–Trinajstić information content (AvgIpc) is 2.92. The molecular weight excluding hydrogens is 278 g/mol. The van der Waals surface area contributed by atoms with Gasteiger partial charge in [0.2, 0.25) is 5.16 Å². The number of hydrogen-bond acceptors (Lipinski definition) is 6. The van der Waals surface area contributed by atoms with Crippen LogP contribution < -0.4 is 0 Å². The lowest BCUT2D eigenvalue weighted by molar-refractivity contribution is -0.133. The van der Waals surface area contributed by atoms with Crippen LogP contribution in [0.3, 0.4) is 0 Å². The zero-order chi connectivity index (χ0) is 13.9. The Hall–Kier alpha value is -2.48. The summed E-state index contributed by atoms with van der Waals surface area (Å²) in [6.45, 7) is 0. The molecule has 3 aromatic rings. The van der Waals surface area contributed by atoms with Crippen LogP contribution >= 0.6 is 11.8 Å². The molecule has 0 aliphatic rings. The smallest absolute Gasteiger partial charge is 0.313 e. The fourth-order valence-corrected chi connectivity index (χ4v) is 2.42. The first kappa shape index (κ1) is 12.5. The lowest BCUT2D eigenvalue weighted by atomic mass is 10.2. The molecule has 0 radical (unpaired) electrons. The molecule has 0 aliphatic heterocycles. The molecule has 2 aromatic heterocycles. The summed E-state index contributed by atoms with van der Waals surface area (Å²) in [7, 11) is 0. The highest BCUT2D eigenvalue weighted by atomic mass is 32.2. The van der Waals surface area contributed by atoms with E-state index in [1.165, 1.54) is 4.68 Å². The summed E-state index contributed by atoms with van der Waals surface area (Å²) in [5.41, 5.74) is 1.60. The van der Waals surface area contributed by atoms with Gasteiger partial charge in [-0.1, -0.05) is 17.8 Å². The number of aromatic nitrogens is 5. The molecule has 0 saturated carbocycles. The monoisotopic (exact) mass is 287 g/mol. The van der Waals surface area contributed by atoms with Gasteiger partial charge in [-0.3, -0.25) is 9.78 Å². The van der Waals surface area contributed by atoms with Gasteiger partial charge in [0.25, 0.3) is 0 Å². The average molecular weight is 287 g/mol. The number of thioether (sulfide) groups is 1. The summed E-state index contributed by atoms with van der Waals surface area (Å²) in [4.78, 5) is 14.9. The minimum atomic E-state index is -0.913. The van der Waals surface area contributed by atoms with Gasteiger partial charge < -0.3 is 5.11 Å². The van der Waals surface area contributed by atoms with Crippen LogP contribution in [0.2, 0.25) is 0 Å². The molecule has 1 N–H and O–H groups in total. The standard InChI is InChI=1S/C12H9N5O2S/c18-11(19)7-20-12-14-15-16-17(12)10-5-1-4-9-8(10)3-2-6-13-9/h1-6H,7H2,(H,18,19). The molecule has 2 heterocycles. The Bertz CT molecular complexity index is 768. The van der Waals surface area contributed by atoms with Gasteiger partial charge in [-0.15, -0.1) is 5.10 Å². The van der Waals surface area contributed by atoms with Crippen molar-refractivity contribution >= 4 is 28.6 Å². The highest BCUT2D eigenvalue weighted by molar-refractivity contribution is 7.99. The van der Waals surface area contributed by atoms with E-state index in [0.29, 0.717) is 5.16 Å². The number of pyridine rings is 1. The van der Waals surface area contributed by atoms with Crippen molar-refractivity contribution in [1.29, 1.82) is 0 Å². The van der Waals surface area contributed by atoms with Crippen LogP contribution in [0.25, 0.3) is 16.6 Å². The van der Waals surface area contributed by atoms with Gasteiger partial charge in [0, 0.05) is 11.6 Å². The van der Waals surface area contributed by atoms with E-state index in [4.69, 9.17) is 5.11 Å². The van der Waals surface area contributed by atoms with Crippen molar-refractivity contribution < 1.29 is 9.90 Å². The highest BCUT2D eigenvalue weighted by Crippen LogP contribution is 2.23. The molecule has 20 heavy (non-hydrogen) atoms. The van der Waals surface area contributed by atoms with E-state index in [1.807, 2.05) is 30.3 Å². The normalized spacial score (nSPS) is 10.8. The summed E-state index contributed by atoms with van der Waals surface area (Å²) in [5.74, 6) is -1.01. The van der Waals surface area contributed by atoms with Crippen molar-refractivity contribution in [2.24, 2.45) is 0 Å². The number of carboxylic acids is 1. The van der Waals surface area contributed by atoms with Gasteiger partial charge in [0.1, 0.15) is 0 Å². The molecule has 0 spiro atoms. The van der Waals surface area contributed by atoms with Crippen molar-refractivity contribution in [1.82, 2.24) is 25.2 Å². The largest absolute Gasteiger partial charge is 0.481 e. The predicted molar refractivity (Wildman–Crippen MR) is 72.8 cm³/mol. The first-order chi connectivity index (χ1) is 9.75. The van der Waals surface area contributed by atoms with Crippen molar-refractivity contribution in [3.63, 3.8) is 0 Å². The third kappa shape index (κ3) is 2.32. The van der Waals surface area contributed by atoms with Crippen LogP contribution in [-0.4, -0.2) is 42.0 Å². The van der Waals surface area contributed by atoms with Crippen molar-refractivity contribution in [3.8, 4) is 5.69 Å². The van der Waals surface area contributed by atoms with E-state index in [1.54, 1.807) is 6.20 Å². The second-order valence-electron chi connectivity index (χ2n) is 3.90. The number of fused-ring (bicyclic) bond motifs is 1. The highest BCUT2D eigenvalue weighted by Gasteiger charge is 2.13. The van der Waals surface area contributed by atoms with E-state index in [0.717, 1.165) is 28.4 Å². The van der Waals surface area contributed by atoms with Gasteiger partial charge >= 0.3 is 5.97 Å². The number of aliphatic carboxylic acids is 1. The first-order valence-corrected chi connectivity index (χ1v) is 6.71. The van der Waals surface area contributed by atoms with E-state index in [2.05, 4.69) is 20.5 Å². The zero-order valence-corrected chi connectivity index (χ0v) is 11.0. The maximum absolute atomic E-state index is 10.6. The van der Waals surface area contributed by atoms with Gasteiger partial charge in [0.05, 0.1) is 17.0 Å². The SMILES string of the molecule is O=C(O)CSc1nnnn1-c1cccc2ncccc12. The molecule has 0 fully saturated rings. The lowest BCUT2D eigenvalue weighted by Crippen LogP contribution is -2.03. The Morgan fingerprint density at radius 2 is 2.20 bits per heavy atom. The number of rotatable bonds is 4. The molecule has 0 unspecified atom stereocenters. The van der Waals surface area contributed by atoms with Crippen molar-refractivity contribution in [3.05, 3.63) is 36.5 Å². The molecule has 8 heteroatoms. The van der Waals surface area contributed by atoms with Crippen molar-refractivity contribution in [2.75, 3.05) is 5.75 Å². The summed E-state index contributed by atoms with van der Waals surface area (Å²) in [6, 6.07) is 9.38. The summed E-state index contributed by atoms with van der Waals surface area (Å²) in [6.07, 6.45) is 1.71. The van der Waals surface area contributed by atoms with E-state index >= 15 is 0 Å². The van der Waals surface area contributed by atoms with Crippen LogP contribution in [0.5, 0.6) is 0 Å². The Labute approximate surface area is 117 Å². The Morgan fingerprint density at radius 3 is 3.05 bits per heavy atom. The lowest BCUT2D eigenvalue weighted by Gasteiger charge is -2.06. The van der Waals surface area contributed by atoms with Crippen molar-refractivity contribution in [2.45, 2.75) is 5.16 Å². The topological polar surface area (TPSA) is 93.8 Å². The maximum Gasteiger partial charge on any atom is 0.313 e. The molecule has 0 bridgehead atoms. The van der Waals surface area contributed by atoms with E-state index < -0.39 is 5.97 Å². The molecular formula is C12H9N5O2S. The first-order valence-electron chi connectivity index (χ1n) is 5.73. The number of carbonyl (C=O) groups is 1. The minimum Gasteiger partial charge on any atom is -0.481 e. The molecule has 0 atom stereocenters. The Morgan fingerprint density at radius 1 is 1.30 bits per heavy atom. The molecule has 7 nitrogen and oxygen atoms in total. The fourth-order valence-electron chi connectivity index (χ4n) is 1.82. The summed E-state index contributed by atoms with van der Waals surface area (Å²) in [5, 5.41) is 21.5. The molecule has 0 aliphatic carbocycles. The Balaban J connectivity index is 2.08. The molecule has 3 rings (SSSR count). The molecule has 1 aromatic carbocycles. The van der Waals surface area contributed by atoms with Gasteiger partial charge in [-0.2, -0.15) is 4.68 Å². The van der Waals surface area contributed by atoms with Crippen LogP contribution in [0.15, 0.2) is 41.7 Å². The van der Waals surface area contributed by atoms with E-state index in [9.17, 15) is 4.79 Å². The second-order valence-corrected chi connectivity index (χ2v) is 4.85. The number of benzene rings is 1. The predicted octanol–water partition coefficient (Wildman–Crippen LogP) is 1.39. The zero-order valence-electron chi connectivity index (χ0n) is 10.2. The fraction of sp³-hybridized carbons (Fsp3) is 0.0833. The second kappa shape index (κ2) is 5.25. The third-order valence-electron chi connectivity index (χ3n) is 2.62. The number of nitrogens with zero attached hydrogens (tertiary/aromatic N) is 5. The van der Waals surface area contributed by atoms with Crippen LogP contribution in [0.4, 0.5) is 0 Å². The van der Waals surface area contributed by atoms with Gasteiger partial charge in [-0.05, 0) is 34.7 Å². The van der Waals surface area contributed by atoms with Gasteiger partial charge in [-0.25, -0.2) is 0 Å². The van der Waals surface area contributed by atoms with E-state index in [-0.39, 0.29) is 5.75 Å². The number of tetrazole rings is 1. The summed E-state index contributed by atoms with van der Waals surface area (Å²) >= 11 is 1.07. The molecule has 0 amide bonds. The van der Waals surface area contributed by atoms with Crippen LogP contribution in [0, 0.1) is 0 Å². The quantitative estimate of drug-likeness (QED) is 0.724.